The molecule has 3 aromatic rings. The summed E-state index contributed by atoms with van der Waals surface area (Å²) in [6, 6.07) is 8.52. The molecule has 2 fully saturated rings. The van der Waals surface area contributed by atoms with E-state index in [-0.39, 0.29) is 0 Å². The van der Waals surface area contributed by atoms with Crippen molar-refractivity contribution in [2.75, 3.05) is 60.4 Å². The highest BCUT2D eigenvalue weighted by Gasteiger charge is 2.29. The average Bonchev–Trinajstić information content (AvgIpc) is 2.87. The fourth-order valence-corrected chi connectivity index (χ4v) is 5.97. The van der Waals surface area contributed by atoms with Gasteiger partial charge in [-0.2, -0.15) is 4.98 Å². The Kier molecular flexibility index (Phi) is 8.74. The molecule has 194 valence electrons. The highest BCUT2D eigenvalue weighted by Crippen LogP contribution is 2.37. The molecule has 1 aromatic carbocycles. The molecule has 0 radical (unpaired) electrons. The molecule has 2 saturated heterocycles. The number of nitrogens with zero attached hydrogens (tertiary/aromatic N) is 5. The van der Waals surface area contributed by atoms with Crippen LogP contribution in [0.3, 0.4) is 0 Å². The first-order valence-corrected chi connectivity index (χ1v) is 14.5. The lowest BCUT2D eigenvalue weighted by atomic mass is 9.93. The van der Waals surface area contributed by atoms with Crippen LogP contribution in [0.1, 0.15) is 44.6 Å². The molecule has 2 N–H and O–H groups in total. The van der Waals surface area contributed by atoms with Gasteiger partial charge in [0.25, 0.3) is 0 Å². The van der Waals surface area contributed by atoms with Gasteiger partial charge in [-0.15, -0.1) is 0 Å². The van der Waals surface area contributed by atoms with Gasteiger partial charge in [-0.3, -0.25) is 4.21 Å². The summed E-state index contributed by atoms with van der Waals surface area (Å²) in [5.41, 5.74) is 2.53. The Morgan fingerprint density at radius 1 is 1.03 bits per heavy atom. The minimum absolute atomic E-state index is 0.406. The first-order valence-electron chi connectivity index (χ1n) is 12.8. The van der Waals surface area contributed by atoms with E-state index in [0.29, 0.717) is 11.8 Å². The molecule has 2 aliphatic rings. The molecule has 1 atom stereocenters. The van der Waals surface area contributed by atoms with Crippen molar-refractivity contribution in [3.8, 4) is 0 Å². The second kappa shape index (κ2) is 12.0. The van der Waals surface area contributed by atoms with E-state index in [2.05, 4.69) is 52.1 Å². The maximum Gasteiger partial charge on any atom is 0.227 e. The zero-order valence-electron chi connectivity index (χ0n) is 21.8. The van der Waals surface area contributed by atoms with E-state index in [1.807, 2.05) is 18.5 Å². The molecule has 1 unspecified atom stereocenters. The summed E-state index contributed by atoms with van der Waals surface area (Å²) in [5.74, 6) is 4.04. The van der Waals surface area contributed by atoms with Gasteiger partial charge < -0.3 is 20.2 Å². The third kappa shape index (κ3) is 5.95. The third-order valence-electron chi connectivity index (χ3n) is 6.84. The molecular formula is C27H38N6O2S. The lowest BCUT2D eigenvalue weighted by Crippen LogP contribution is -2.49. The van der Waals surface area contributed by atoms with Crippen molar-refractivity contribution in [1.29, 1.82) is 0 Å². The zero-order chi connectivity index (χ0) is 25.7. The predicted octanol–water partition coefficient (Wildman–Crippen LogP) is 4.31. The number of piperidine rings is 1. The first kappa shape index (κ1) is 26.3. The Balaban J connectivity index is 0.00000148. The van der Waals surface area contributed by atoms with Crippen molar-refractivity contribution in [1.82, 2.24) is 15.0 Å². The van der Waals surface area contributed by atoms with E-state index in [4.69, 9.17) is 15.1 Å². The summed E-state index contributed by atoms with van der Waals surface area (Å²) in [6.07, 6.45) is 9.27. The number of aromatic nitrogens is 3. The Morgan fingerprint density at radius 3 is 2.47 bits per heavy atom. The number of aliphatic hydroxyl groups excluding tert-OH is 1. The Bertz CT molecular complexity index is 1190. The van der Waals surface area contributed by atoms with Gasteiger partial charge in [-0.05, 0) is 54.3 Å². The summed E-state index contributed by atoms with van der Waals surface area (Å²) in [6.45, 7) is 8.40. The third-order valence-corrected chi connectivity index (χ3v) is 7.78. The molecule has 2 aliphatic heterocycles. The molecule has 0 bridgehead atoms. The molecule has 4 heterocycles. The lowest BCUT2D eigenvalue weighted by Gasteiger charge is -2.41. The molecule has 9 heteroatoms. The fraction of sp³-hybridized carbons (Fsp3) is 0.519. The number of hydrogen-bond donors (Lipinski definition) is 2. The molecule has 0 amide bonds. The maximum atomic E-state index is 11.6. The van der Waals surface area contributed by atoms with Gasteiger partial charge in [0, 0.05) is 85.5 Å². The fourth-order valence-electron chi connectivity index (χ4n) is 5.09. The second-order valence-corrected chi connectivity index (χ2v) is 11.3. The predicted molar refractivity (Wildman–Crippen MR) is 150 cm³/mol. The topological polar surface area (TPSA) is 94.5 Å². The van der Waals surface area contributed by atoms with Gasteiger partial charge in [0.05, 0.1) is 0 Å². The molecule has 0 aliphatic carbocycles. The summed E-state index contributed by atoms with van der Waals surface area (Å²) in [5, 5.41) is 12.8. The van der Waals surface area contributed by atoms with Gasteiger partial charge in [0.2, 0.25) is 5.95 Å². The van der Waals surface area contributed by atoms with Gasteiger partial charge in [-0.25, -0.2) is 9.97 Å². The number of fused-ring (bicyclic) bond motifs is 1. The van der Waals surface area contributed by atoms with Crippen LogP contribution in [-0.2, 0) is 10.8 Å². The van der Waals surface area contributed by atoms with Crippen molar-refractivity contribution in [3.05, 3.63) is 42.2 Å². The van der Waals surface area contributed by atoms with Crippen LogP contribution in [0.2, 0.25) is 0 Å². The summed E-state index contributed by atoms with van der Waals surface area (Å²) < 4.78 is 11.6. The van der Waals surface area contributed by atoms with Gasteiger partial charge in [0.1, 0.15) is 11.6 Å². The highest BCUT2D eigenvalue weighted by molar-refractivity contribution is 7.84. The second-order valence-electron chi connectivity index (χ2n) is 9.87. The Labute approximate surface area is 216 Å². The van der Waals surface area contributed by atoms with Crippen LogP contribution in [0.5, 0.6) is 0 Å². The largest absolute Gasteiger partial charge is 0.400 e. The minimum atomic E-state index is -0.740. The van der Waals surface area contributed by atoms with Crippen LogP contribution in [-0.4, -0.2) is 69.6 Å². The standard InChI is InChI=1S/C26H34N6OS.CH4O/c1-18(2)20-7-8-23(32-15-19(16-32)17-34(3)33)22-14-28-25(13-21(20)22)29-24-9-10-27-26(30-24)31-11-5-4-6-12-31;1-2/h7-10,13-14,18-19H,4-6,11-12,15-17H2,1-3H3,(H,27,28,29,30);2H,1H3. The monoisotopic (exact) mass is 510 g/mol. The van der Waals surface area contributed by atoms with Crippen LogP contribution in [0.4, 0.5) is 23.3 Å². The summed E-state index contributed by atoms with van der Waals surface area (Å²) in [7, 11) is 0.260. The van der Waals surface area contributed by atoms with Crippen LogP contribution in [0.15, 0.2) is 36.7 Å². The number of benzene rings is 1. The van der Waals surface area contributed by atoms with Crippen molar-refractivity contribution in [2.45, 2.75) is 39.0 Å². The van der Waals surface area contributed by atoms with E-state index < -0.39 is 10.8 Å². The Hall–Kier alpha value is -2.78. The van der Waals surface area contributed by atoms with Gasteiger partial charge in [0.15, 0.2) is 0 Å². The molecule has 0 saturated carbocycles. The lowest BCUT2D eigenvalue weighted by molar-refractivity contribution is 0.399. The molecule has 2 aromatic heterocycles. The zero-order valence-corrected chi connectivity index (χ0v) is 22.6. The average molecular weight is 511 g/mol. The maximum absolute atomic E-state index is 11.6. The van der Waals surface area contributed by atoms with Crippen molar-refractivity contribution >= 4 is 44.8 Å². The minimum Gasteiger partial charge on any atom is -0.400 e. The van der Waals surface area contributed by atoms with Crippen LogP contribution in [0.25, 0.3) is 10.8 Å². The molecule has 0 spiro atoms. The van der Waals surface area contributed by atoms with Crippen molar-refractivity contribution in [3.63, 3.8) is 0 Å². The number of pyridine rings is 1. The number of nitrogens with one attached hydrogen (secondary N) is 1. The van der Waals surface area contributed by atoms with E-state index in [9.17, 15) is 4.21 Å². The number of anilines is 4. The number of hydrogen-bond acceptors (Lipinski definition) is 8. The van der Waals surface area contributed by atoms with Crippen LogP contribution < -0.4 is 15.1 Å². The van der Waals surface area contributed by atoms with Gasteiger partial charge in [-0.1, -0.05) is 19.9 Å². The number of rotatable bonds is 7. The molecule has 36 heavy (non-hydrogen) atoms. The van der Waals surface area contributed by atoms with Crippen molar-refractivity contribution < 1.29 is 9.32 Å². The first-order chi connectivity index (χ1) is 17.5. The van der Waals surface area contributed by atoms with E-state index >= 15 is 0 Å². The molecule has 8 nitrogen and oxygen atoms in total. The smallest absolute Gasteiger partial charge is 0.227 e. The van der Waals surface area contributed by atoms with E-state index in [1.54, 1.807) is 6.26 Å². The van der Waals surface area contributed by atoms with E-state index in [0.717, 1.165) is 56.6 Å². The quantitative estimate of drug-likeness (QED) is 0.486. The van der Waals surface area contributed by atoms with Crippen molar-refractivity contribution in [2.24, 2.45) is 5.92 Å². The normalized spacial score (nSPS) is 16.9. The summed E-state index contributed by atoms with van der Waals surface area (Å²) >= 11 is 0. The van der Waals surface area contributed by atoms with Gasteiger partial charge >= 0.3 is 0 Å². The SMILES string of the molecule is CC(C)c1ccc(N2CC(CS(C)=O)C2)c2cnc(Nc3ccnc(N4CCCCC4)n3)cc12.CO. The van der Waals surface area contributed by atoms with E-state index in [1.165, 1.54) is 41.3 Å². The molecule has 5 rings (SSSR count). The summed E-state index contributed by atoms with van der Waals surface area (Å²) in [4.78, 5) is 18.7. The Morgan fingerprint density at radius 2 is 1.78 bits per heavy atom. The van der Waals surface area contributed by atoms with Crippen LogP contribution >= 0.6 is 0 Å². The number of aliphatic hydroxyl groups is 1. The molecular weight excluding hydrogens is 472 g/mol. The van der Waals surface area contributed by atoms with Crippen LogP contribution in [0, 0.1) is 5.92 Å². The highest BCUT2D eigenvalue weighted by atomic mass is 32.2.